The van der Waals surface area contributed by atoms with E-state index in [1.54, 1.807) is 11.1 Å². The van der Waals surface area contributed by atoms with Crippen molar-refractivity contribution in [1.82, 2.24) is 15.2 Å². The van der Waals surface area contributed by atoms with Gasteiger partial charge >= 0.3 is 5.63 Å². The van der Waals surface area contributed by atoms with Crippen LogP contribution in [0.25, 0.3) is 0 Å². The van der Waals surface area contributed by atoms with Gasteiger partial charge in [0.1, 0.15) is 11.3 Å². The first-order valence-electron chi connectivity index (χ1n) is 9.69. The average Bonchev–Trinajstić information content (AvgIpc) is 3.52. The molecule has 0 aromatic carbocycles. The third kappa shape index (κ3) is 3.95. The highest BCUT2D eigenvalue weighted by atomic mass is 16.4. The second kappa shape index (κ2) is 7.64. The Bertz CT molecular complexity index is 868. The second-order valence-corrected chi connectivity index (χ2v) is 7.52. The van der Waals surface area contributed by atoms with Crippen LogP contribution >= 0.6 is 0 Å². The van der Waals surface area contributed by atoms with Crippen LogP contribution in [0.2, 0.25) is 0 Å². The fraction of sp³-hybridized carbons (Fsp3) is 0.476. The number of aryl methyl sites for hydroxylation is 1. The first-order valence-corrected chi connectivity index (χ1v) is 9.69. The van der Waals surface area contributed by atoms with Gasteiger partial charge in [0.15, 0.2) is 0 Å². The van der Waals surface area contributed by atoms with E-state index in [0.29, 0.717) is 17.9 Å². The van der Waals surface area contributed by atoms with Crippen LogP contribution in [0.5, 0.6) is 0 Å². The molecule has 2 aliphatic rings. The molecule has 0 radical (unpaired) electrons. The van der Waals surface area contributed by atoms with Gasteiger partial charge in [-0.3, -0.25) is 9.78 Å². The lowest BCUT2D eigenvalue weighted by atomic mass is 9.95. The first-order chi connectivity index (χ1) is 13.1. The maximum Gasteiger partial charge on any atom is 0.349 e. The molecular formula is C21H25N3O3. The molecule has 2 aromatic rings. The largest absolute Gasteiger partial charge is 0.427 e. The summed E-state index contributed by atoms with van der Waals surface area (Å²) < 4.78 is 5.59. The van der Waals surface area contributed by atoms with E-state index in [0.717, 1.165) is 44.5 Å². The normalized spacial score (nSPS) is 19.7. The molecule has 3 heterocycles. The van der Waals surface area contributed by atoms with Crippen molar-refractivity contribution >= 4 is 5.91 Å². The molecule has 142 valence electrons. The van der Waals surface area contributed by atoms with Gasteiger partial charge in [0.05, 0.1) is 12.2 Å². The quantitative estimate of drug-likeness (QED) is 0.879. The zero-order valence-corrected chi connectivity index (χ0v) is 15.6. The van der Waals surface area contributed by atoms with Crippen molar-refractivity contribution in [2.24, 2.45) is 0 Å². The Morgan fingerprint density at radius 2 is 2.19 bits per heavy atom. The molecule has 2 aromatic heterocycles. The van der Waals surface area contributed by atoms with Gasteiger partial charge in [-0.25, -0.2) is 4.79 Å². The van der Waals surface area contributed by atoms with Crippen LogP contribution in [0.15, 0.2) is 39.7 Å². The summed E-state index contributed by atoms with van der Waals surface area (Å²) in [7, 11) is 0. The molecule has 1 aliphatic heterocycles. The molecular weight excluding hydrogens is 342 g/mol. The number of hydrogen-bond donors (Lipinski definition) is 1. The fourth-order valence-corrected chi connectivity index (χ4v) is 3.75. The lowest BCUT2D eigenvalue weighted by molar-refractivity contribution is 0.0721. The lowest BCUT2D eigenvalue weighted by Crippen LogP contribution is -2.36. The number of amides is 1. The van der Waals surface area contributed by atoms with Gasteiger partial charge < -0.3 is 14.6 Å². The molecule has 4 rings (SSSR count). The Labute approximate surface area is 158 Å². The summed E-state index contributed by atoms with van der Waals surface area (Å²) in [5.74, 6) is 0.633. The highest BCUT2D eigenvalue weighted by Gasteiger charge is 2.35. The van der Waals surface area contributed by atoms with Crippen LogP contribution in [0.4, 0.5) is 0 Å². The monoisotopic (exact) mass is 367 g/mol. The van der Waals surface area contributed by atoms with Crippen molar-refractivity contribution in [2.45, 2.75) is 51.1 Å². The number of nitrogens with one attached hydrogen (secondary N) is 1. The summed E-state index contributed by atoms with van der Waals surface area (Å²) in [6.07, 6.45) is 5.71. The smallest absolute Gasteiger partial charge is 0.349 e. The van der Waals surface area contributed by atoms with Crippen molar-refractivity contribution in [3.63, 3.8) is 0 Å². The number of hydrogen-bond acceptors (Lipinski definition) is 5. The minimum absolute atomic E-state index is 0.158. The number of nitrogens with zero attached hydrogens (tertiary/aromatic N) is 2. The highest BCUT2D eigenvalue weighted by molar-refractivity contribution is 5.95. The third-order valence-corrected chi connectivity index (χ3v) is 5.39. The maximum atomic E-state index is 13.2. The van der Waals surface area contributed by atoms with Gasteiger partial charge in [-0.05, 0) is 62.9 Å². The lowest BCUT2D eigenvalue weighted by Gasteiger charge is -2.24. The second-order valence-electron chi connectivity index (χ2n) is 7.52. The van der Waals surface area contributed by atoms with Gasteiger partial charge in [0.25, 0.3) is 5.91 Å². The van der Waals surface area contributed by atoms with Gasteiger partial charge in [-0.2, -0.15) is 0 Å². The van der Waals surface area contributed by atoms with Crippen LogP contribution in [0.1, 0.15) is 59.0 Å². The predicted molar refractivity (Wildman–Crippen MR) is 102 cm³/mol. The number of pyridine rings is 1. The van der Waals surface area contributed by atoms with Crippen molar-refractivity contribution in [2.75, 3.05) is 13.1 Å². The number of rotatable bonds is 5. The molecule has 1 N–H and O–H groups in total. The van der Waals surface area contributed by atoms with Gasteiger partial charge in [0, 0.05) is 24.7 Å². The van der Waals surface area contributed by atoms with Gasteiger partial charge in [-0.15, -0.1) is 0 Å². The Kier molecular flexibility index (Phi) is 5.07. The molecule has 1 saturated carbocycles. The first kappa shape index (κ1) is 17.9. The minimum Gasteiger partial charge on any atom is -0.427 e. The Balaban J connectivity index is 1.61. The van der Waals surface area contributed by atoms with E-state index in [1.807, 2.05) is 31.2 Å². The predicted octanol–water partition coefficient (Wildman–Crippen LogP) is 2.62. The van der Waals surface area contributed by atoms with E-state index < -0.39 is 5.63 Å². The molecule has 6 nitrogen and oxygen atoms in total. The van der Waals surface area contributed by atoms with E-state index in [-0.39, 0.29) is 23.4 Å². The van der Waals surface area contributed by atoms with Gasteiger partial charge in [-0.1, -0.05) is 6.07 Å². The molecule has 0 spiro atoms. The molecule has 1 amide bonds. The molecule has 1 saturated heterocycles. The van der Waals surface area contributed by atoms with Crippen LogP contribution in [0.3, 0.4) is 0 Å². The molecule has 2 fully saturated rings. The molecule has 1 unspecified atom stereocenters. The highest BCUT2D eigenvalue weighted by Crippen LogP contribution is 2.30. The van der Waals surface area contributed by atoms with Gasteiger partial charge in [0.2, 0.25) is 0 Å². The van der Waals surface area contributed by atoms with Crippen LogP contribution < -0.4 is 10.9 Å². The number of carbonyl (C=O) groups excluding carboxylic acids is 1. The molecule has 0 bridgehead atoms. The molecule has 1 atom stereocenters. The van der Waals surface area contributed by atoms with E-state index >= 15 is 0 Å². The molecule has 27 heavy (non-hydrogen) atoms. The van der Waals surface area contributed by atoms with Crippen molar-refractivity contribution in [3.05, 3.63) is 63.5 Å². The SMILES string of the molecule is Cc1cc(C2CCCNC2)oc(=O)c1C(=O)N(Cc1ccccn1)C1CC1. The fourth-order valence-electron chi connectivity index (χ4n) is 3.75. The summed E-state index contributed by atoms with van der Waals surface area (Å²) in [6, 6.07) is 7.71. The van der Waals surface area contributed by atoms with Crippen LogP contribution in [-0.2, 0) is 6.54 Å². The Hall–Kier alpha value is -2.47. The van der Waals surface area contributed by atoms with Crippen molar-refractivity contribution < 1.29 is 9.21 Å². The number of aromatic nitrogens is 1. The standard InChI is InChI=1S/C21H25N3O3/c1-14-11-18(15-5-4-9-22-12-15)27-21(26)19(14)20(25)24(17-7-8-17)13-16-6-2-3-10-23-16/h2-3,6,10-11,15,17,22H,4-5,7-9,12-13H2,1H3. The Morgan fingerprint density at radius 1 is 1.33 bits per heavy atom. The summed E-state index contributed by atoms with van der Waals surface area (Å²) in [6.45, 7) is 4.05. The summed E-state index contributed by atoms with van der Waals surface area (Å²) in [5.41, 5.74) is 1.16. The molecule has 6 heteroatoms. The van der Waals surface area contributed by atoms with E-state index in [9.17, 15) is 9.59 Å². The topological polar surface area (TPSA) is 75.4 Å². The number of carbonyl (C=O) groups is 1. The van der Waals surface area contributed by atoms with Crippen LogP contribution in [-0.4, -0.2) is 34.9 Å². The number of piperidine rings is 1. The van der Waals surface area contributed by atoms with Crippen molar-refractivity contribution in [3.8, 4) is 0 Å². The summed E-state index contributed by atoms with van der Waals surface area (Å²) >= 11 is 0. The minimum atomic E-state index is -0.521. The third-order valence-electron chi connectivity index (χ3n) is 5.39. The van der Waals surface area contributed by atoms with E-state index in [2.05, 4.69) is 10.3 Å². The summed E-state index contributed by atoms with van der Waals surface area (Å²) in [5, 5.41) is 3.33. The Morgan fingerprint density at radius 3 is 2.81 bits per heavy atom. The average molecular weight is 367 g/mol. The zero-order chi connectivity index (χ0) is 18.8. The van der Waals surface area contributed by atoms with Crippen LogP contribution in [0, 0.1) is 6.92 Å². The van der Waals surface area contributed by atoms with E-state index in [1.165, 1.54) is 0 Å². The molecule has 1 aliphatic carbocycles. The zero-order valence-electron chi connectivity index (χ0n) is 15.6. The summed E-state index contributed by atoms with van der Waals surface area (Å²) in [4.78, 5) is 32.0. The van der Waals surface area contributed by atoms with E-state index in [4.69, 9.17) is 4.42 Å². The maximum absolute atomic E-state index is 13.2. The van der Waals surface area contributed by atoms with Crippen molar-refractivity contribution in [1.29, 1.82) is 0 Å².